The molecular formula is C29H48Cl3N8O8PS. The molecule has 1 atom stereocenters. The van der Waals surface area contributed by atoms with E-state index in [0.29, 0.717) is 45.1 Å². The lowest BCUT2D eigenvalue weighted by Crippen LogP contribution is -2.25. The van der Waals surface area contributed by atoms with Crippen LogP contribution in [0.4, 0.5) is 11.9 Å². The molecule has 284 valence electrons. The third kappa shape index (κ3) is 20.9. The minimum Gasteiger partial charge on any atom is -0.778 e. The molecule has 0 aliphatic heterocycles. The van der Waals surface area contributed by atoms with Crippen molar-refractivity contribution in [3.8, 4) is 11.4 Å². The first-order valence-electron chi connectivity index (χ1n) is 15.0. The number of aromatic nitrogens is 5. The van der Waals surface area contributed by atoms with Crippen LogP contribution >= 0.6 is 42.4 Å². The van der Waals surface area contributed by atoms with Gasteiger partial charge in [-0.05, 0) is 63.2 Å². The van der Waals surface area contributed by atoms with Gasteiger partial charge in [0, 0.05) is 24.1 Å². The minimum atomic E-state index is -4.35. The minimum absolute atomic E-state index is 0.0642. The Morgan fingerprint density at radius 2 is 1.64 bits per heavy atom. The highest BCUT2D eigenvalue weighted by Gasteiger charge is 2.24. The number of hydrogen-bond donors (Lipinski definition) is 5. The van der Waals surface area contributed by atoms with Gasteiger partial charge in [0.2, 0.25) is 23.1 Å². The van der Waals surface area contributed by atoms with Crippen LogP contribution in [0.3, 0.4) is 0 Å². The first kappa shape index (κ1) is 47.4. The van der Waals surface area contributed by atoms with Gasteiger partial charge in [0.25, 0.3) is 0 Å². The number of nitrogens with zero attached hydrogens (tertiary/aromatic N) is 5. The predicted octanol–water partition coefficient (Wildman–Crippen LogP) is 4.65. The summed E-state index contributed by atoms with van der Waals surface area (Å²) < 4.78 is 21.9. The number of halogens is 3. The van der Waals surface area contributed by atoms with E-state index in [9.17, 15) is 19.0 Å². The van der Waals surface area contributed by atoms with Crippen molar-refractivity contribution in [2.24, 2.45) is 0 Å². The summed E-state index contributed by atoms with van der Waals surface area (Å²) in [5.74, 6) is -0.0252. The lowest BCUT2D eigenvalue weighted by atomic mass is 9.97. The molecular weight excluding hydrogens is 758 g/mol. The molecule has 5 N–H and O–H groups in total. The van der Waals surface area contributed by atoms with Crippen molar-refractivity contribution in [3.05, 3.63) is 43.9 Å². The Morgan fingerprint density at radius 3 is 2.08 bits per heavy atom. The largest absolute Gasteiger partial charge is 0.778 e. The fraction of sp³-hybridized carbons (Fsp3) is 0.586. The van der Waals surface area contributed by atoms with Gasteiger partial charge in [-0.25, -0.2) is 4.79 Å². The molecule has 1 unspecified atom stereocenters. The highest BCUT2D eigenvalue weighted by Crippen LogP contribution is 2.33. The van der Waals surface area contributed by atoms with Gasteiger partial charge in [-0.3, -0.25) is 10.1 Å². The Morgan fingerprint density at radius 1 is 1.08 bits per heavy atom. The van der Waals surface area contributed by atoms with E-state index in [0.717, 1.165) is 11.2 Å². The molecule has 0 saturated heterocycles. The van der Waals surface area contributed by atoms with Crippen molar-refractivity contribution in [2.45, 2.75) is 73.0 Å². The van der Waals surface area contributed by atoms with E-state index in [1.165, 1.54) is 6.07 Å². The number of hydrogen-bond acceptors (Lipinski definition) is 13. The monoisotopic (exact) mass is 804 g/mol. The molecule has 0 amide bonds. The van der Waals surface area contributed by atoms with E-state index in [4.69, 9.17) is 54.0 Å². The standard InChI is InChI=1S/C15H18Cl2N2O3.C8H14ClN5.C3H8NO5P.C3H9S/c1-8(2)21-12-7-11(9(16)6-10(12)17)19-14(20)22-13(18-19)15(3,4)5;1-4-10-7-12-6(9)13-8(14-7)11-5(2)3;5-3(6)1-4-2-10(7,8)9;1-4(2)3/h6-8H,1-5H3;5H,4H2,1-3H3,(H2,10,11,12,13,14);4H,1-2H2,(H,5,6)(H2,7,8,9);1-3H3/q;;;+1/p-1. The van der Waals surface area contributed by atoms with Gasteiger partial charge in [0.1, 0.15) is 13.3 Å². The van der Waals surface area contributed by atoms with Crippen LogP contribution in [0, 0.1) is 0 Å². The molecule has 1 aromatic carbocycles. The van der Waals surface area contributed by atoms with Crippen LogP contribution in [0.2, 0.25) is 15.3 Å². The highest BCUT2D eigenvalue weighted by molar-refractivity contribution is 7.94. The molecule has 3 aromatic rings. The van der Waals surface area contributed by atoms with Crippen molar-refractivity contribution < 1.29 is 33.4 Å². The average Bonchev–Trinajstić information content (AvgIpc) is 3.31. The van der Waals surface area contributed by atoms with Crippen LogP contribution in [0.5, 0.6) is 5.75 Å². The Kier molecular flexibility index (Phi) is 21.2. The Hall–Kier alpha value is -2.63. The number of aliphatic carboxylic acids is 1. The van der Waals surface area contributed by atoms with E-state index in [-0.39, 0.29) is 27.9 Å². The fourth-order valence-electron chi connectivity index (χ4n) is 2.97. The van der Waals surface area contributed by atoms with Crippen LogP contribution in [0.1, 0.15) is 61.3 Å². The molecule has 21 heteroatoms. The molecule has 0 fully saturated rings. The summed E-state index contributed by atoms with van der Waals surface area (Å²) in [5.41, 5.74) is -0.0217. The number of carbonyl (C=O) groups is 1. The third-order valence-electron chi connectivity index (χ3n) is 4.73. The van der Waals surface area contributed by atoms with Crippen LogP contribution < -0.4 is 31.3 Å². The molecule has 0 bridgehead atoms. The Labute approximate surface area is 310 Å². The lowest BCUT2D eigenvalue weighted by Gasteiger charge is -2.14. The SMILES string of the molecule is CC(C)Oc1cc(-n2nc(C(C)(C)C)oc2=O)c(Cl)cc1Cl.CCNc1nc(Cl)nc(NC(C)C)n1.C[S+](C)C.O=C(O)CNCP(=O)([O-])O. The van der Waals surface area contributed by atoms with Gasteiger partial charge < -0.3 is 39.2 Å². The number of anilines is 2. The lowest BCUT2D eigenvalue weighted by molar-refractivity contribution is -0.193. The van der Waals surface area contributed by atoms with Crippen LogP contribution in [-0.2, 0) is 25.7 Å². The van der Waals surface area contributed by atoms with Crippen molar-refractivity contribution >= 4 is 71.2 Å². The first-order valence-corrected chi connectivity index (χ1v) is 20.3. The maximum Gasteiger partial charge on any atom is 0.442 e. The topological polar surface area (TPSA) is 230 Å². The number of ether oxygens (including phenoxy) is 1. The van der Waals surface area contributed by atoms with Crippen molar-refractivity contribution in [1.82, 2.24) is 30.0 Å². The molecule has 0 radical (unpaired) electrons. The molecule has 2 heterocycles. The number of carboxylic acid groups (broad SMARTS) is 1. The van der Waals surface area contributed by atoms with Gasteiger partial charge in [-0.15, -0.1) is 5.10 Å². The van der Waals surface area contributed by atoms with Crippen LogP contribution in [0.25, 0.3) is 5.69 Å². The maximum atomic E-state index is 12.1. The average molecular weight is 806 g/mol. The van der Waals surface area contributed by atoms with Gasteiger partial charge in [0.05, 0.1) is 53.4 Å². The third-order valence-corrected chi connectivity index (χ3v) is 6.12. The van der Waals surface area contributed by atoms with E-state index in [1.54, 1.807) is 6.07 Å². The van der Waals surface area contributed by atoms with Gasteiger partial charge in [-0.2, -0.15) is 19.6 Å². The number of rotatable bonds is 11. The van der Waals surface area contributed by atoms with E-state index < -0.39 is 32.2 Å². The van der Waals surface area contributed by atoms with Crippen LogP contribution in [0.15, 0.2) is 21.3 Å². The van der Waals surface area contributed by atoms with Crippen LogP contribution in [-0.4, -0.2) is 91.0 Å². The maximum absolute atomic E-state index is 12.1. The molecule has 0 aliphatic carbocycles. The summed E-state index contributed by atoms with van der Waals surface area (Å²) in [6.45, 7) is 15.7. The molecule has 0 spiro atoms. The van der Waals surface area contributed by atoms with Crippen molar-refractivity contribution in [3.63, 3.8) is 0 Å². The molecule has 0 saturated carbocycles. The Bertz CT molecular complexity index is 1590. The predicted molar refractivity (Wildman–Crippen MR) is 200 cm³/mol. The molecule has 0 aliphatic rings. The number of carboxylic acids is 1. The van der Waals surface area contributed by atoms with E-state index in [1.807, 2.05) is 60.7 Å². The summed E-state index contributed by atoms with van der Waals surface area (Å²) in [5, 5.41) is 21.1. The van der Waals surface area contributed by atoms with Gasteiger partial charge in [-0.1, -0.05) is 44.0 Å². The zero-order valence-corrected chi connectivity index (χ0v) is 34.0. The smallest absolute Gasteiger partial charge is 0.442 e. The zero-order valence-electron chi connectivity index (χ0n) is 30.0. The molecule has 50 heavy (non-hydrogen) atoms. The Balaban J connectivity index is 0.000000735. The van der Waals surface area contributed by atoms with E-state index >= 15 is 0 Å². The normalized spacial score (nSPS) is 12.1. The summed E-state index contributed by atoms with van der Waals surface area (Å²) in [6.07, 6.45) is 5.81. The second kappa shape index (κ2) is 22.3. The molecule has 16 nitrogen and oxygen atoms in total. The first-order chi connectivity index (χ1) is 22.9. The summed E-state index contributed by atoms with van der Waals surface area (Å²) >= 11 is 18.0. The number of nitrogens with one attached hydrogen (secondary N) is 3. The second-order valence-corrected chi connectivity index (χ2v) is 17.4. The zero-order chi connectivity index (χ0) is 39.0. The molecule has 3 rings (SSSR count). The molecule has 2 aromatic heterocycles. The summed E-state index contributed by atoms with van der Waals surface area (Å²) in [4.78, 5) is 51.8. The summed E-state index contributed by atoms with van der Waals surface area (Å²) in [7, 11) is -3.71. The van der Waals surface area contributed by atoms with Gasteiger partial charge in [0.15, 0.2) is 0 Å². The number of benzene rings is 1. The summed E-state index contributed by atoms with van der Waals surface area (Å²) in [6, 6.07) is 3.37. The quantitative estimate of drug-likeness (QED) is 0.131. The highest BCUT2D eigenvalue weighted by atomic mass is 35.5. The fourth-order valence-corrected chi connectivity index (χ4v) is 4.03. The van der Waals surface area contributed by atoms with Crippen molar-refractivity contribution in [2.75, 3.05) is 48.8 Å². The van der Waals surface area contributed by atoms with E-state index in [2.05, 4.69) is 49.5 Å². The van der Waals surface area contributed by atoms with Gasteiger partial charge >= 0.3 is 11.7 Å². The second-order valence-electron chi connectivity index (χ2n) is 12.2. The van der Waals surface area contributed by atoms with Crippen molar-refractivity contribution in [1.29, 1.82) is 0 Å².